The van der Waals surface area contributed by atoms with E-state index in [-0.39, 0.29) is 22.8 Å². The molecule has 0 amide bonds. The van der Waals surface area contributed by atoms with Crippen molar-refractivity contribution >= 4 is 17.4 Å². The normalized spacial score (nSPS) is 12.7. The van der Waals surface area contributed by atoms with Crippen LogP contribution in [0.5, 0.6) is 0 Å². The first-order chi connectivity index (χ1) is 13.0. The van der Waals surface area contributed by atoms with Gasteiger partial charge in [0.25, 0.3) is 5.82 Å². The first-order valence-corrected chi connectivity index (χ1v) is 9.91. The molecule has 0 atom stereocenters. The molecule has 0 aliphatic carbocycles. The summed E-state index contributed by atoms with van der Waals surface area (Å²) in [5.74, 6) is 1.85. The molecule has 0 unspecified atom stereocenters. The molecular weight excluding hydrogens is 436 g/mol. The molecule has 4 rings (SSSR count). The molecule has 1 aromatic heterocycles. The van der Waals surface area contributed by atoms with Crippen molar-refractivity contribution in [2.45, 2.75) is 45.7 Å². The van der Waals surface area contributed by atoms with E-state index in [0.717, 1.165) is 41.2 Å². The zero-order valence-corrected chi connectivity index (χ0v) is 18.5. The van der Waals surface area contributed by atoms with Crippen LogP contribution in [0.4, 0.5) is 0 Å². The maximum absolute atomic E-state index is 12.8. The molecule has 146 valence electrons. The second kappa shape index (κ2) is 8.62. The number of imidazole rings is 1. The van der Waals surface area contributed by atoms with Crippen LogP contribution in [-0.2, 0) is 19.5 Å². The molecule has 2 aromatic carbocycles. The summed E-state index contributed by atoms with van der Waals surface area (Å²) in [7, 11) is 0. The predicted molar refractivity (Wildman–Crippen MR) is 108 cm³/mol. The topological polar surface area (TPSA) is 25.9 Å². The summed E-state index contributed by atoms with van der Waals surface area (Å²) < 4.78 is 4.45. The van der Waals surface area contributed by atoms with E-state index in [1.807, 2.05) is 36.4 Å². The quantitative estimate of drug-likeness (QED) is 0.424. The third-order valence-corrected chi connectivity index (χ3v) is 5.60. The fourth-order valence-corrected chi connectivity index (χ4v) is 3.92. The minimum Gasteiger partial charge on any atom is -1.00 e. The van der Waals surface area contributed by atoms with Crippen molar-refractivity contribution in [2.24, 2.45) is 0 Å². The van der Waals surface area contributed by atoms with Gasteiger partial charge in [-0.2, -0.15) is 0 Å². The number of aromatic nitrogens is 2. The van der Waals surface area contributed by atoms with E-state index in [1.165, 1.54) is 11.4 Å². The summed E-state index contributed by atoms with van der Waals surface area (Å²) in [4.78, 5) is 12.8. The number of carbonyl (C=O) groups excluding carboxylic acids is 1. The molecule has 0 spiro atoms. The second-order valence-electron chi connectivity index (χ2n) is 7.52. The molecule has 3 aromatic rings. The van der Waals surface area contributed by atoms with Crippen LogP contribution in [0.15, 0.2) is 54.7 Å². The zero-order chi connectivity index (χ0) is 19.0. The van der Waals surface area contributed by atoms with Gasteiger partial charge in [-0.3, -0.25) is 4.79 Å². The van der Waals surface area contributed by atoms with E-state index >= 15 is 0 Å². The summed E-state index contributed by atoms with van der Waals surface area (Å²) in [5.41, 5.74) is 4.32. The lowest BCUT2D eigenvalue weighted by Crippen LogP contribution is -3.00. The minimum absolute atomic E-state index is 0. The van der Waals surface area contributed by atoms with Crippen LogP contribution in [0.25, 0.3) is 11.3 Å². The Balaban J connectivity index is 0.00000225. The summed E-state index contributed by atoms with van der Waals surface area (Å²) in [5, 5.41) is 0.736. The SMILES string of the molecule is CC(C)c1ccc(C(=O)C[n+]2cc(-c3ccc(Cl)cc3)n3c2CCC3)cc1.[Br-]. The van der Waals surface area contributed by atoms with E-state index in [0.29, 0.717) is 12.5 Å². The Kier molecular flexibility index (Phi) is 6.41. The number of ketones is 1. The number of hydrogen-bond donors (Lipinski definition) is 0. The summed E-state index contributed by atoms with van der Waals surface area (Å²) in [6.07, 6.45) is 4.24. The van der Waals surface area contributed by atoms with E-state index < -0.39 is 0 Å². The van der Waals surface area contributed by atoms with Crippen molar-refractivity contribution in [3.8, 4) is 11.3 Å². The molecule has 0 bridgehead atoms. The second-order valence-corrected chi connectivity index (χ2v) is 7.96. The van der Waals surface area contributed by atoms with Gasteiger partial charge in [0.05, 0.1) is 13.0 Å². The van der Waals surface area contributed by atoms with E-state index in [2.05, 4.69) is 41.3 Å². The highest BCUT2D eigenvalue weighted by molar-refractivity contribution is 6.30. The fraction of sp³-hybridized carbons (Fsp3) is 0.304. The number of hydrogen-bond acceptors (Lipinski definition) is 1. The van der Waals surface area contributed by atoms with E-state index in [9.17, 15) is 4.79 Å². The molecule has 0 saturated heterocycles. The fourth-order valence-electron chi connectivity index (χ4n) is 3.80. The zero-order valence-electron chi connectivity index (χ0n) is 16.2. The average molecular weight is 460 g/mol. The lowest BCUT2D eigenvalue weighted by atomic mass is 10.0. The van der Waals surface area contributed by atoms with Crippen molar-refractivity contribution in [3.05, 3.63) is 76.7 Å². The van der Waals surface area contributed by atoms with Gasteiger partial charge in [0.1, 0.15) is 6.20 Å². The van der Waals surface area contributed by atoms with E-state index in [1.54, 1.807) is 0 Å². The Morgan fingerprint density at radius 1 is 1.11 bits per heavy atom. The largest absolute Gasteiger partial charge is 1.00 e. The predicted octanol–water partition coefficient (Wildman–Crippen LogP) is 2.05. The smallest absolute Gasteiger partial charge is 0.257 e. The molecule has 0 radical (unpaired) electrons. The molecule has 1 aliphatic heterocycles. The van der Waals surface area contributed by atoms with Gasteiger partial charge in [0, 0.05) is 16.1 Å². The number of nitrogens with zero attached hydrogens (tertiary/aromatic N) is 2. The van der Waals surface area contributed by atoms with Crippen LogP contribution in [0.1, 0.15) is 47.9 Å². The lowest BCUT2D eigenvalue weighted by Gasteiger charge is -2.06. The molecule has 0 fully saturated rings. The first kappa shape index (κ1) is 20.8. The summed E-state index contributed by atoms with van der Waals surface area (Å²) in [6, 6.07) is 15.9. The monoisotopic (exact) mass is 458 g/mol. The Morgan fingerprint density at radius 2 is 1.79 bits per heavy atom. The van der Waals surface area contributed by atoms with Gasteiger partial charge < -0.3 is 17.0 Å². The molecule has 0 N–H and O–H groups in total. The van der Waals surface area contributed by atoms with Crippen LogP contribution in [0.3, 0.4) is 0 Å². The van der Waals surface area contributed by atoms with Crippen LogP contribution >= 0.6 is 11.6 Å². The summed E-state index contributed by atoms with van der Waals surface area (Å²) in [6.45, 7) is 5.70. The third-order valence-electron chi connectivity index (χ3n) is 5.35. The molecule has 2 heterocycles. The van der Waals surface area contributed by atoms with Gasteiger partial charge in [0.15, 0.2) is 12.2 Å². The van der Waals surface area contributed by atoms with Crippen molar-refractivity contribution in [2.75, 3.05) is 0 Å². The Bertz CT molecular complexity index is 975. The Hall–Kier alpha value is -1.91. The van der Waals surface area contributed by atoms with Crippen molar-refractivity contribution in [1.82, 2.24) is 4.57 Å². The highest BCUT2D eigenvalue weighted by atomic mass is 79.9. The maximum Gasteiger partial charge on any atom is 0.257 e. The van der Waals surface area contributed by atoms with Gasteiger partial charge in [-0.25, -0.2) is 9.13 Å². The number of carbonyl (C=O) groups is 1. The number of fused-ring (bicyclic) bond motifs is 1. The number of Topliss-reactive ketones (excluding diaryl/α,β-unsaturated/α-hetero) is 1. The third kappa shape index (κ3) is 4.08. The molecular formula is C23H24BrClN2O. The highest BCUT2D eigenvalue weighted by Crippen LogP contribution is 2.26. The van der Waals surface area contributed by atoms with Crippen molar-refractivity contribution in [3.63, 3.8) is 0 Å². The Morgan fingerprint density at radius 3 is 2.43 bits per heavy atom. The number of rotatable bonds is 5. The molecule has 5 heteroatoms. The number of benzene rings is 2. The molecule has 28 heavy (non-hydrogen) atoms. The standard InChI is InChI=1S/C23H24ClN2O.BrH/c1-16(2)17-5-7-19(8-6-17)22(27)15-25-14-21(26-13-3-4-23(25)26)18-9-11-20(24)12-10-18;/h5-12,14,16H,3-4,13,15H2,1-2H3;1H/q+1;/p-1. The lowest BCUT2D eigenvalue weighted by molar-refractivity contribution is -0.689. The molecule has 0 saturated carbocycles. The first-order valence-electron chi connectivity index (χ1n) is 9.54. The van der Waals surface area contributed by atoms with E-state index in [4.69, 9.17) is 11.6 Å². The van der Waals surface area contributed by atoms with Crippen LogP contribution < -0.4 is 21.5 Å². The van der Waals surface area contributed by atoms with Gasteiger partial charge in [-0.05, 0) is 42.2 Å². The maximum atomic E-state index is 12.8. The van der Waals surface area contributed by atoms with Gasteiger partial charge >= 0.3 is 0 Å². The summed E-state index contributed by atoms with van der Waals surface area (Å²) >= 11 is 6.03. The minimum atomic E-state index is 0. The van der Waals surface area contributed by atoms with Gasteiger partial charge in [0.2, 0.25) is 5.78 Å². The molecule has 1 aliphatic rings. The highest BCUT2D eigenvalue weighted by Gasteiger charge is 2.29. The molecule has 3 nitrogen and oxygen atoms in total. The Labute approximate surface area is 181 Å². The van der Waals surface area contributed by atoms with Crippen LogP contribution in [-0.4, -0.2) is 10.4 Å². The van der Waals surface area contributed by atoms with Crippen LogP contribution in [0, 0.1) is 0 Å². The van der Waals surface area contributed by atoms with Crippen LogP contribution in [0.2, 0.25) is 5.02 Å². The van der Waals surface area contributed by atoms with Gasteiger partial charge in [-0.15, -0.1) is 0 Å². The van der Waals surface area contributed by atoms with Crippen molar-refractivity contribution < 1.29 is 26.3 Å². The van der Waals surface area contributed by atoms with Gasteiger partial charge in [-0.1, -0.05) is 49.7 Å². The average Bonchev–Trinajstić information content (AvgIpc) is 3.26. The van der Waals surface area contributed by atoms with Crippen molar-refractivity contribution in [1.29, 1.82) is 0 Å². The number of halogens is 2.